The molecule has 1 aromatic carbocycles. The zero-order chi connectivity index (χ0) is 21.0. The maximum absolute atomic E-state index is 2.24. The Morgan fingerprint density at radius 1 is 0.815 bits per heavy atom. The van der Waals surface area contributed by atoms with Crippen molar-refractivity contribution in [1.82, 2.24) is 4.57 Å². The van der Waals surface area contributed by atoms with Crippen LogP contribution in [0.1, 0.15) is 78.4 Å². The summed E-state index contributed by atoms with van der Waals surface area (Å²) in [5, 5.41) is 1.39. The van der Waals surface area contributed by atoms with E-state index in [4.69, 9.17) is 0 Å². The highest BCUT2D eigenvalue weighted by Gasteiger charge is 2.07. The second kappa shape index (κ2) is 13.1. The van der Waals surface area contributed by atoms with Gasteiger partial charge in [0.2, 0.25) is 0 Å². The van der Waals surface area contributed by atoms with Crippen LogP contribution in [0.15, 0.2) is 55.0 Å². The van der Waals surface area contributed by atoms with Gasteiger partial charge in [0.15, 0.2) is 12.4 Å². The lowest BCUT2D eigenvalue weighted by molar-refractivity contribution is -0.672. The molecule has 0 aliphatic carbocycles. The Bertz CT molecular complexity index is 767. The highest BCUT2D eigenvalue weighted by molar-refractivity contribution is 5.84. The third-order valence-electron chi connectivity index (χ3n) is 4.18. The van der Waals surface area contributed by atoms with E-state index in [2.05, 4.69) is 92.7 Å². The van der Waals surface area contributed by atoms with Crippen molar-refractivity contribution in [2.75, 3.05) is 0 Å². The van der Waals surface area contributed by atoms with Crippen LogP contribution in [-0.2, 0) is 14.1 Å². The Balaban J connectivity index is 0.000000434. The van der Waals surface area contributed by atoms with Gasteiger partial charge in [-0.1, -0.05) is 73.6 Å². The van der Waals surface area contributed by atoms with Gasteiger partial charge in [-0.05, 0) is 29.5 Å². The van der Waals surface area contributed by atoms with Crippen LogP contribution in [-0.4, -0.2) is 4.57 Å². The average molecular weight is 370 g/mol. The van der Waals surface area contributed by atoms with Crippen molar-refractivity contribution in [2.45, 2.75) is 67.2 Å². The summed E-state index contributed by atoms with van der Waals surface area (Å²) < 4.78 is 4.28. The van der Waals surface area contributed by atoms with Crippen molar-refractivity contribution in [2.24, 2.45) is 14.1 Å². The van der Waals surface area contributed by atoms with Gasteiger partial charge in [-0.3, -0.25) is 0 Å². The first-order chi connectivity index (χ1) is 12.9. The molecule has 2 aromatic heterocycles. The molecule has 0 unspecified atom stereocenters. The van der Waals surface area contributed by atoms with Crippen LogP contribution in [0, 0.1) is 0 Å². The predicted molar refractivity (Wildman–Crippen MR) is 121 cm³/mol. The van der Waals surface area contributed by atoms with Crippen LogP contribution >= 0.6 is 0 Å². The lowest BCUT2D eigenvalue weighted by atomic mass is 10.0. The monoisotopic (exact) mass is 369 g/mol. The third-order valence-corrected chi connectivity index (χ3v) is 4.18. The summed E-state index contributed by atoms with van der Waals surface area (Å²) >= 11 is 0. The molecule has 0 saturated carbocycles. The largest absolute Gasteiger partial charge is 0.350 e. The summed E-state index contributed by atoms with van der Waals surface area (Å²) in [5.74, 6) is 1.23. The van der Waals surface area contributed by atoms with E-state index in [1.807, 2.05) is 40.9 Å². The molecule has 0 saturated heterocycles. The van der Waals surface area contributed by atoms with Gasteiger partial charge in [0.25, 0.3) is 0 Å². The first kappa shape index (κ1) is 24.9. The molecule has 3 aromatic rings. The number of para-hydroxylation sites is 1. The smallest absolute Gasteiger partial charge is 0.171 e. The van der Waals surface area contributed by atoms with Crippen molar-refractivity contribution in [3.8, 4) is 0 Å². The Morgan fingerprint density at radius 2 is 1.41 bits per heavy atom. The zero-order valence-electron chi connectivity index (χ0n) is 19.2. The quantitative estimate of drug-likeness (QED) is 0.430. The summed E-state index contributed by atoms with van der Waals surface area (Å²) in [7, 11) is 4.15. The fourth-order valence-corrected chi connectivity index (χ4v) is 2.79. The van der Waals surface area contributed by atoms with Crippen LogP contribution in [0.4, 0.5) is 0 Å². The second-order valence-electron chi connectivity index (χ2n) is 6.82. The van der Waals surface area contributed by atoms with Gasteiger partial charge in [-0.15, -0.1) is 0 Å². The summed E-state index contributed by atoms with van der Waals surface area (Å²) in [6.45, 7) is 16.9. The number of aromatic nitrogens is 2. The molecule has 0 aliphatic heterocycles. The Morgan fingerprint density at radius 3 is 1.89 bits per heavy atom. The van der Waals surface area contributed by atoms with E-state index in [0.717, 1.165) is 0 Å². The first-order valence-corrected chi connectivity index (χ1v) is 10.4. The molecule has 0 N–H and O–H groups in total. The summed E-state index contributed by atoms with van der Waals surface area (Å²) in [6.07, 6.45) is 6.44. The summed E-state index contributed by atoms with van der Waals surface area (Å²) in [5.41, 5.74) is 4.16. The van der Waals surface area contributed by atoms with E-state index in [1.54, 1.807) is 0 Å². The lowest BCUT2D eigenvalue weighted by Gasteiger charge is -2.00. The number of fused-ring (bicyclic) bond motifs is 1. The Labute approximate surface area is 167 Å². The highest BCUT2D eigenvalue weighted by Crippen LogP contribution is 2.26. The molecule has 0 fully saturated rings. The van der Waals surface area contributed by atoms with Crippen molar-refractivity contribution >= 4 is 10.9 Å². The number of pyridine rings is 1. The van der Waals surface area contributed by atoms with Gasteiger partial charge in [0, 0.05) is 35.8 Å². The molecule has 2 nitrogen and oxygen atoms in total. The molecule has 0 spiro atoms. The maximum Gasteiger partial charge on any atom is 0.171 e. The number of rotatable bonds is 2. The highest BCUT2D eigenvalue weighted by atomic mass is 14.9. The van der Waals surface area contributed by atoms with Crippen LogP contribution in [0.2, 0.25) is 0 Å². The minimum atomic E-state index is 0.603. The minimum Gasteiger partial charge on any atom is -0.350 e. The van der Waals surface area contributed by atoms with E-state index in [9.17, 15) is 0 Å². The first-order valence-electron chi connectivity index (χ1n) is 10.4. The fraction of sp³-hybridized carbons (Fsp3) is 0.480. The summed E-state index contributed by atoms with van der Waals surface area (Å²) in [4.78, 5) is 0. The Kier molecular flexibility index (Phi) is 12.1. The molecule has 2 heterocycles. The molecule has 3 rings (SSSR count). The second-order valence-corrected chi connectivity index (χ2v) is 6.82. The normalized spacial score (nSPS) is 9.78. The van der Waals surface area contributed by atoms with Crippen LogP contribution in [0.5, 0.6) is 0 Å². The van der Waals surface area contributed by atoms with Crippen LogP contribution < -0.4 is 4.57 Å². The molecule has 0 aliphatic rings. The van der Waals surface area contributed by atoms with Gasteiger partial charge in [0.05, 0.1) is 0 Å². The maximum atomic E-state index is 2.24. The lowest BCUT2D eigenvalue weighted by Crippen LogP contribution is -2.27. The molecular weight excluding hydrogens is 328 g/mol. The number of hydrogen-bond acceptors (Lipinski definition) is 0. The van der Waals surface area contributed by atoms with E-state index in [-0.39, 0.29) is 0 Å². The van der Waals surface area contributed by atoms with Gasteiger partial charge < -0.3 is 4.57 Å². The van der Waals surface area contributed by atoms with Crippen molar-refractivity contribution in [3.05, 3.63) is 66.1 Å². The van der Waals surface area contributed by atoms with E-state index >= 15 is 0 Å². The number of nitrogens with zero attached hydrogens (tertiary/aromatic N) is 2. The minimum absolute atomic E-state index is 0.603. The molecule has 150 valence electrons. The average Bonchev–Trinajstić information content (AvgIpc) is 3.03. The molecule has 0 atom stereocenters. The summed E-state index contributed by atoms with van der Waals surface area (Å²) in [6, 6.07) is 12.8. The SMILES string of the molecule is CC.CC.CC(C)c1ccc[n+](C)c1.CC(C)c1cn(C)c2ccccc12. The molecule has 0 radical (unpaired) electrons. The van der Waals surface area contributed by atoms with Crippen molar-refractivity contribution in [3.63, 3.8) is 0 Å². The van der Waals surface area contributed by atoms with Gasteiger partial charge >= 0.3 is 0 Å². The molecule has 0 bridgehead atoms. The van der Waals surface area contributed by atoms with Crippen LogP contribution in [0.25, 0.3) is 10.9 Å². The molecular formula is C25H41N2+. The third kappa shape index (κ3) is 7.58. The number of hydrogen-bond donors (Lipinski definition) is 0. The van der Waals surface area contributed by atoms with Crippen molar-refractivity contribution < 1.29 is 4.57 Å². The van der Waals surface area contributed by atoms with Gasteiger partial charge in [-0.2, -0.15) is 0 Å². The molecule has 2 heteroatoms. The van der Waals surface area contributed by atoms with Crippen molar-refractivity contribution in [1.29, 1.82) is 0 Å². The Hall–Kier alpha value is -2.09. The molecule has 0 amide bonds. The number of aryl methyl sites for hydroxylation is 2. The van der Waals surface area contributed by atoms with Crippen LogP contribution in [0.3, 0.4) is 0 Å². The van der Waals surface area contributed by atoms with Gasteiger partial charge in [0.1, 0.15) is 7.05 Å². The fourth-order valence-electron chi connectivity index (χ4n) is 2.79. The van der Waals surface area contributed by atoms with E-state index in [1.165, 1.54) is 22.0 Å². The topological polar surface area (TPSA) is 8.81 Å². The van der Waals surface area contributed by atoms with Gasteiger partial charge in [-0.25, -0.2) is 4.57 Å². The van der Waals surface area contributed by atoms with E-state index in [0.29, 0.717) is 11.8 Å². The van der Waals surface area contributed by atoms with E-state index < -0.39 is 0 Å². The zero-order valence-corrected chi connectivity index (χ0v) is 19.2. The predicted octanol–water partition coefficient (Wildman–Crippen LogP) is 6.99. The standard InChI is InChI=1S/C12H15N.C9H14N.2C2H6/c1-9(2)11-8-13(3)12-7-5-4-6-10(11)12;1-8(2)9-5-4-6-10(3)7-9;2*1-2/h4-9H,1-3H3;4-8H,1-3H3;2*1-2H3/q;+1;;. The number of benzene rings is 1. The molecule has 27 heavy (non-hydrogen) atoms.